The SMILES string of the molecule is COc1cc(C)ccc1OCC(=O)Nc1cccc(F)c1. The second-order valence-electron chi connectivity index (χ2n) is 4.50. The van der Waals surface area contributed by atoms with Crippen LogP contribution < -0.4 is 14.8 Å². The molecule has 0 aliphatic rings. The normalized spacial score (nSPS) is 10.0. The van der Waals surface area contributed by atoms with Gasteiger partial charge < -0.3 is 14.8 Å². The fraction of sp³-hybridized carbons (Fsp3) is 0.188. The number of amides is 1. The molecule has 0 unspecified atom stereocenters. The maximum atomic E-state index is 13.0. The van der Waals surface area contributed by atoms with Crippen LogP contribution in [0.25, 0.3) is 0 Å². The average molecular weight is 289 g/mol. The Hall–Kier alpha value is -2.56. The number of halogens is 1. The van der Waals surface area contributed by atoms with Crippen LogP contribution in [0.4, 0.5) is 10.1 Å². The van der Waals surface area contributed by atoms with E-state index < -0.39 is 5.82 Å². The molecule has 0 saturated heterocycles. The summed E-state index contributed by atoms with van der Waals surface area (Å²) in [6.45, 7) is 1.75. The predicted molar refractivity (Wildman–Crippen MR) is 78.3 cm³/mol. The Balaban J connectivity index is 1.95. The van der Waals surface area contributed by atoms with Gasteiger partial charge in [0.2, 0.25) is 0 Å². The van der Waals surface area contributed by atoms with E-state index in [4.69, 9.17) is 9.47 Å². The van der Waals surface area contributed by atoms with Crippen molar-refractivity contribution >= 4 is 11.6 Å². The Morgan fingerprint density at radius 3 is 2.71 bits per heavy atom. The third-order valence-corrected chi connectivity index (χ3v) is 2.79. The molecular weight excluding hydrogens is 273 g/mol. The minimum atomic E-state index is -0.408. The predicted octanol–water partition coefficient (Wildman–Crippen LogP) is 3.16. The minimum Gasteiger partial charge on any atom is -0.493 e. The Morgan fingerprint density at radius 2 is 2.00 bits per heavy atom. The summed E-state index contributed by atoms with van der Waals surface area (Å²) >= 11 is 0. The molecular formula is C16H16FNO3. The lowest BCUT2D eigenvalue weighted by atomic mass is 10.2. The van der Waals surface area contributed by atoms with Gasteiger partial charge in [0.15, 0.2) is 18.1 Å². The summed E-state index contributed by atoms with van der Waals surface area (Å²) in [7, 11) is 1.54. The van der Waals surface area contributed by atoms with Crippen LogP contribution in [0.5, 0.6) is 11.5 Å². The molecule has 0 spiro atoms. The molecule has 21 heavy (non-hydrogen) atoms. The van der Waals surface area contributed by atoms with E-state index in [1.165, 1.54) is 25.3 Å². The topological polar surface area (TPSA) is 47.6 Å². The third-order valence-electron chi connectivity index (χ3n) is 2.79. The molecule has 0 atom stereocenters. The van der Waals surface area contributed by atoms with E-state index in [2.05, 4.69) is 5.32 Å². The molecule has 0 aliphatic carbocycles. The first-order chi connectivity index (χ1) is 10.1. The third kappa shape index (κ3) is 4.21. The number of hydrogen-bond acceptors (Lipinski definition) is 3. The highest BCUT2D eigenvalue weighted by Crippen LogP contribution is 2.27. The number of ether oxygens (including phenoxy) is 2. The van der Waals surface area contributed by atoms with Gasteiger partial charge in [-0.15, -0.1) is 0 Å². The van der Waals surface area contributed by atoms with Gasteiger partial charge in [-0.3, -0.25) is 4.79 Å². The molecule has 2 rings (SSSR count). The van der Waals surface area contributed by atoms with E-state index in [0.29, 0.717) is 17.2 Å². The van der Waals surface area contributed by atoms with Gasteiger partial charge in [0.05, 0.1) is 7.11 Å². The van der Waals surface area contributed by atoms with E-state index in [1.54, 1.807) is 12.1 Å². The molecule has 0 bridgehead atoms. The lowest BCUT2D eigenvalue weighted by molar-refractivity contribution is -0.118. The molecule has 1 N–H and O–H groups in total. The van der Waals surface area contributed by atoms with Crippen LogP contribution in [0.3, 0.4) is 0 Å². The first kappa shape index (κ1) is 14.8. The van der Waals surface area contributed by atoms with Crippen molar-refractivity contribution in [3.8, 4) is 11.5 Å². The summed E-state index contributed by atoms with van der Waals surface area (Å²) in [4.78, 5) is 11.8. The van der Waals surface area contributed by atoms with Crippen molar-refractivity contribution in [2.75, 3.05) is 19.0 Å². The van der Waals surface area contributed by atoms with Crippen molar-refractivity contribution in [3.63, 3.8) is 0 Å². The standard InChI is InChI=1S/C16H16FNO3/c1-11-6-7-14(15(8-11)20-2)21-10-16(19)18-13-5-3-4-12(17)9-13/h3-9H,10H2,1-2H3,(H,18,19). The van der Waals surface area contributed by atoms with Gasteiger partial charge in [-0.2, -0.15) is 0 Å². The number of benzene rings is 2. The van der Waals surface area contributed by atoms with Crippen LogP contribution in [0.2, 0.25) is 0 Å². The molecule has 0 aliphatic heterocycles. The van der Waals surface area contributed by atoms with Gasteiger partial charge in [-0.1, -0.05) is 12.1 Å². The van der Waals surface area contributed by atoms with Crippen molar-refractivity contribution in [1.29, 1.82) is 0 Å². The molecule has 0 aromatic heterocycles. The highest BCUT2D eigenvalue weighted by atomic mass is 19.1. The Labute approximate surface area is 122 Å². The number of rotatable bonds is 5. The first-order valence-corrected chi connectivity index (χ1v) is 6.41. The van der Waals surface area contributed by atoms with E-state index in [-0.39, 0.29) is 12.5 Å². The van der Waals surface area contributed by atoms with E-state index in [1.807, 2.05) is 19.1 Å². The van der Waals surface area contributed by atoms with Crippen molar-refractivity contribution in [2.24, 2.45) is 0 Å². The molecule has 5 heteroatoms. The average Bonchev–Trinajstić information content (AvgIpc) is 2.45. The zero-order chi connectivity index (χ0) is 15.2. The second kappa shape index (κ2) is 6.74. The highest BCUT2D eigenvalue weighted by molar-refractivity contribution is 5.91. The van der Waals surface area contributed by atoms with Crippen LogP contribution in [-0.2, 0) is 4.79 Å². The van der Waals surface area contributed by atoms with Crippen LogP contribution in [0.1, 0.15) is 5.56 Å². The highest BCUT2D eigenvalue weighted by Gasteiger charge is 2.08. The monoisotopic (exact) mass is 289 g/mol. The lowest BCUT2D eigenvalue weighted by Gasteiger charge is -2.11. The van der Waals surface area contributed by atoms with Crippen LogP contribution in [0.15, 0.2) is 42.5 Å². The number of anilines is 1. The summed E-state index contributed by atoms with van der Waals surface area (Å²) in [5.74, 6) is 0.267. The van der Waals surface area contributed by atoms with Crippen molar-refractivity contribution < 1.29 is 18.7 Å². The van der Waals surface area contributed by atoms with Gasteiger partial charge >= 0.3 is 0 Å². The number of carbonyl (C=O) groups excluding carboxylic acids is 1. The molecule has 4 nitrogen and oxygen atoms in total. The Kier molecular flexibility index (Phi) is 4.77. The molecule has 2 aromatic carbocycles. The van der Waals surface area contributed by atoms with E-state index in [0.717, 1.165) is 5.56 Å². The van der Waals surface area contributed by atoms with Gasteiger partial charge in [0.1, 0.15) is 5.82 Å². The minimum absolute atomic E-state index is 0.185. The van der Waals surface area contributed by atoms with E-state index in [9.17, 15) is 9.18 Å². The van der Waals surface area contributed by atoms with Crippen LogP contribution in [-0.4, -0.2) is 19.6 Å². The van der Waals surface area contributed by atoms with Gasteiger partial charge in [-0.05, 0) is 42.8 Å². The fourth-order valence-electron chi connectivity index (χ4n) is 1.80. The maximum Gasteiger partial charge on any atom is 0.262 e. The molecule has 1 amide bonds. The van der Waals surface area contributed by atoms with Gasteiger partial charge in [0, 0.05) is 5.69 Å². The zero-order valence-corrected chi connectivity index (χ0v) is 11.9. The smallest absolute Gasteiger partial charge is 0.262 e. The quantitative estimate of drug-likeness (QED) is 0.919. The summed E-state index contributed by atoms with van der Waals surface area (Å²) in [6, 6.07) is 11.1. The first-order valence-electron chi connectivity index (χ1n) is 6.41. The maximum absolute atomic E-state index is 13.0. The summed E-state index contributed by atoms with van der Waals surface area (Å²) in [5.41, 5.74) is 1.42. The number of methoxy groups -OCH3 is 1. The molecule has 0 fully saturated rings. The van der Waals surface area contributed by atoms with E-state index >= 15 is 0 Å². The van der Waals surface area contributed by atoms with Gasteiger partial charge in [-0.25, -0.2) is 4.39 Å². The lowest BCUT2D eigenvalue weighted by Crippen LogP contribution is -2.20. The number of aryl methyl sites for hydroxylation is 1. The number of carbonyl (C=O) groups is 1. The van der Waals surface area contributed by atoms with Crippen LogP contribution >= 0.6 is 0 Å². The zero-order valence-electron chi connectivity index (χ0n) is 11.9. The molecule has 0 radical (unpaired) electrons. The van der Waals surface area contributed by atoms with Crippen molar-refractivity contribution in [3.05, 3.63) is 53.8 Å². The summed E-state index contributed by atoms with van der Waals surface area (Å²) in [5, 5.41) is 2.56. The molecule has 0 saturated carbocycles. The molecule has 110 valence electrons. The van der Waals surface area contributed by atoms with Crippen molar-refractivity contribution in [1.82, 2.24) is 0 Å². The number of nitrogens with one attached hydrogen (secondary N) is 1. The van der Waals surface area contributed by atoms with Crippen LogP contribution in [0, 0.1) is 12.7 Å². The molecule has 0 heterocycles. The summed E-state index contributed by atoms with van der Waals surface area (Å²) < 4.78 is 23.6. The van der Waals surface area contributed by atoms with Crippen molar-refractivity contribution in [2.45, 2.75) is 6.92 Å². The second-order valence-corrected chi connectivity index (χ2v) is 4.50. The fourth-order valence-corrected chi connectivity index (χ4v) is 1.80. The number of hydrogen-bond donors (Lipinski definition) is 1. The Morgan fingerprint density at radius 1 is 1.19 bits per heavy atom. The Bertz CT molecular complexity index is 643. The largest absolute Gasteiger partial charge is 0.493 e. The molecule has 2 aromatic rings. The van der Waals surface area contributed by atoms with Gasteiger partial charge in [0.25, 0.3) is 5.91 Å². The summed E-state index contributed by atoms with van der Waals surface area (Å²) in [6.07, 6.45) is 0.